The summed E-state index contributed by atoms with van der Waals surface area (Å²) in [5, 5.41) is 17.9. The summed E-state index contributed by atoms with van der Waals surface area (Å²) >= 11 is 0. The molecule has 0 amide bonds. The molecule has 0 saturated heterocycles. The van der Waals surface area contributed by atoms with E-state index in [-0.39, 0.29) is 24.0 Å². The Bertz CT molecular complexity index is 456. The molecule has 0 aromatic rings. The Morgan fingerprint density at radius 2 is 1.58 bits per heavy atom. The standard InChI is InChI=1S/C18H33NO5/c1-12(6-7-15(21)22)10-13(2)14(20)8-9-18(5,19)11-17(3,4)16(23)24/h12-13H,6-11,19H2,1-5H3,(H,21,22)(H,23,24). The van der Waals surface area contributed by atoms with Gasteiger partial charge in [-0.15, -0.1) is 0 Å². The van der Waals surface area contributed by atoms with Crippen molar-refractivity contribution in [2.45, 2.75) is 78.7 Å². The third-order valence-electron chi connectivity index (χ3n) is 4.52. The van der Waals surface area contributed by atoms with Crippen LogP contribution in [0.4, 0.5) is 0 Å². The second-order valence-corrected chi connectivity index (χ2v) is 8.16. The number of rotatable bonds is 12. The number of hydrogen-bond donors (Lipinski definition) is 3. The molecule has 0 radical (unpaired) electrons. The molecule has 0 spiro atoms. The summed E-state index contributed by atoms with van der Waals surface area (Å²) in [7, 11) is 0. The first-order valence-electron chi connectivity index (χ1n) is 8.53. The van der Waals surface area contributed by atoms with Gasteiger partial charge in [0.25, 0.3) is 0 Å². The van der Waals surface area contributed by atoms with E-state index in [2.05, 4.69) is 0 Å². The molecule has 0 aliphatic rings. The first-order chi connectivity index (χ1) is 10.8. The van der Waals surface area contributed by atoms with Gasteiger partial charge in [0, 0.05) is 24.3 Å². The van der Waals surface area contributed by atoms with Crippen molar-refractivity contribution in [1.82, 2.24) is 0 Å². The van der Waals surface area contributed by atoms with E-state index in [0.717, 1.165) is 0 Å². The number of carboxylic acids is 2. The van der Waals surface area contributed by atoms with Crippen LogP contribution in [0.25, 0.3) is 0 Å². The molecule has 4 N–H and O–H groups in total. The lowest BCUT2D eigenvalue weighted by Gasteiger charge is -2.32. The molecule has 0 aromatic heterocycles. The van der Waals surface area contributed by atoms with Crippen molar-refractivity contribution in [2.24, 2.45) is 23.0 Å². The molecule has 0 heterocycles. The average Bonchev–Trinajstić information content (AvgIpc) is 2.41. The van der Waals surface area contributed by atoms with E-state index in [4.69, 9.17) is 10.8 Å². The number of Topliss-reactive ketones (excluding diaryl/α,β-unsaturated/α-hetero) is 1. The quantitative estimate of drug-likeness (QED) is 0.501. The van der Waals surface area contributed by atoms with E-state index in [1.807, 2.05) is 13.8 Å². The first-order valence-corrected chi connectivity index (χ1v) is 8.53. The van der Waals surface area contributed by atoms with Gasteiger partial charge in [0.15, 0.2) is 0 Å². The van der Waals surface area contributed by atoms with E-state index in [0.29, 0.717) is 32.1 Å². The number of carbonyl (C=O) groups excluding carboxylic acids is 1. The van der Waals surface area contributed by atoms with Gasteiger partial charge in [0.1, 0.15) is 5.78 Å². The van der Waals surface area contributed by atoms with Crippen molar-refractivity contribution in [1.29, 1.82) is 0 Å². The van der Waals surface area contributed by atoms with Gasteiger partial charge in [-0.3, -0.25) is 14.4 Å². The lowest BCUT2D eigenvalue weighted by Crippen LogP contribution is -2.43. The number of carboxylic acid groups (broad SMARTS) is 2. The minimum absolute atomic E-state index is 0.0991. The Morgan fingerprint density at radius 1 is 1.04 bits per heavy atom. The minimum atomic E-state index is -0.927. The zero-order valence-corrected chi connectivity index (χ0v) is 15.6. The van der Waals surface area contributed by atoms with Crippen molar-refractivity contribution in [2.75, 3.05) is 0 Å². The van der Waals surface area contributed by atoms with Crippen LogP contribution in [0.1, 0.15) is 73.1 Å². The van der Waals surface area contributed by atoms with Gasteiger partial charge in [-0.05, 0) is 52.4 Å². The van der Waals surface area contributed by atoms with E-state index < -0.39 is 22.9 Å². The molecular weight excluding hydrogens is 310 g/mol. The Hall–Kier alpha value is -1.43. The molecule has 0 rings (SSSR count). The van der Waals surface area contributed by atoms with E-state index in [1.165, 1.54) is 0 Å². The number of hydrogen-bond acceptors (Lipinski definition) is 4. The molecule has 0 saturated carbocycles. The normalized spacial score (nSPS) is 16.9. The largest absolute Gasteiger partial charge is 0.481 e. The summed E-state index contributed by atoms with van der Waals surface area (Å²) in [6, 6.07) is 0. The summed E-state index contributed by atoms with van der Waals surface area (Å²) in [6.07, 6.45) is 2.40. The maximum atomic E-state index is 12.3. The van der Waals surface area contributed by atoms with Crippen LogP contribution in [0, 0.1) is 17.3 Å². The second-order valence-electron chi connectivity index (χ2n) is 8.16. The predicted octanol–water partition coefficient (Wildman–Crippen LogP) is 3.08. The van der Waals surface area contributed by atoms with Gasteiger partial charge in [0.05, 0.1) is 5.41 Å². The third-order valence-corrected chi connectivity index (χ3v) is 4.52. The zero-order valence-electron chi connectivity index (χ0n) is 15.6. The average molecular weight is 343 g/mol. The predicted molar refractivity (Wildman–Crippen MR) is 92.7 cm³/mol. The summed E-state index contributed by atoms with van der Waals surface area (Å²) in [4.78, 5) is 34.1. The van der Waals surface area contributed by atoms with Crippen LogP contribution >= 0.6 is 0 Å². The summed E-state index contributed by atoms with van der Waals surface area (Å²) in [5.41, 5.74) is 4.55. The number of carbonyl (C=O) groups is 3. The zero-order chi connectivity index (χ0) is 19.1. The summed E-state index contributed by atoms with van der Waals surface area (Å²) in [5.74, 6) is -1.58. The molecule has 0 aromatic carbocycles. The van der Waals surface area contributed by atoms with E-state index in [1.54, 1.807) is 20.8 Å². The topological polar surface area (TPSA) is 118 Å². The van der Waals surface area contributed by atoms with Crippen molar-refractivity contribution >= 4 is 17.7 Å². The van der Waals surface area contributed by atoms with Crippen LogP contribution in [-0.2, 0) is 14.4 Å². The molecule has 3 unspecified atom stereocenters. The molecule has 3 atom stereocenters. The molecule has 6 nitrogen and oxygen atoms in total. The minimum Gasteiger partial charge on any atom is -0.481 e. The van der Waals surface area contributed by atoms with Gasteiger partial charge in [-0.1, -0.05) is 13.8 Å². The van der Waals surface area contributed by atoms with Crippen molar-refractivity contribution < 1.29 is 24.6 Å². The van der Waals surface area contributed by atoms with E-state index >= 15 is 0 Å². The lowest BCUT2D eigenvalue weighted by molar-refractivity contribution is -0.148. The maximum absolute atomic E-state index is 12.3. The Labute approximate surface area is 144 Å². The Morgan fingerprint density at radius 3 is 2.04 bits per heavy atom. The highest BCUT2D eigenvalue weighted by Crippen LogP contribution is 2.30. The van der Waals surface area contributed by atoms with Crippen LogP contribution < -0.4 is 5.73 Å². The number of nitrogens with two attached hydrogens (primary N) is 1. The highest BCUT2D eigenvalue weighted by atomic mass is 16.4. The van der Waals surface area contributed by atoms with Crippen LogP contribution in [0.2, 0.25) is 0 Å². The second kappa shape index (κ2) is 9.16. The van der Waals surface area contributed by atoms with Gasteiger partial charge in [0.2, 0.25) is 0 Å². The smallest absolute Gasteiger partial charge is 0.309 e. The highest BCUT2D eigenvalue weighted by molar-refractivity contribution is 5.80. The van der Waals surface area contributed by atoms with Gasteiger partial charge < -0.3 is 15.9 Å². The Kier molecular flexibility index (Phi) is 8.61. The van der Waals surface area contributed by atoms with Crippen LogP contribution in [0.15, 0.2) is 0 Å². The molecule has 6 heteroatoms. The number of aliphatic carboxylic acids is 2. The van der Waals surface area contributed by atoms with Crippen molar-refractivity contribution in [3.05, 3.63) is 0 Å². The molecule has 0 aliphatic heterocycles. The summed E-state index contributed by atoms with van der Waals surface area (Å²) in [6.45, 7) is 8.86. The highest BCUT2D eigenvalue weighted by Gasteiger charge is 2.35. The van der Waals surface area contributed by atoms with E-state index in [9.17, 15) is 19.5 Å². The molecular formula is C18H33NO5. The van der Waals surface area contributed by atoms with Crippen LogP contribution in [0.5, 0.6) is 0 Å². The molecule has 24 heavy (non-hydrogen) atoms. The van der Waals surface area contributed by atoms with Crippen LogP contribution in [-0.4, -0.2) is 33.5 Å². The summed E-state index contributed by atoms with van der Waals surface area (Å²) < 4.78 is 0. The van der Waals surface area contributed by atoms with Crippen molar-refractivity contribution in [3.8, 4) is 0 Å². The molecule has 140 valence electrons. The molecule has 0 fully saturated rings. The number of ketones is 1. The van der Waals surface area contributed by atoms with Gasteiger partial charge in [-0.25, -0.2) is 0 Å². The first kappa shape index (κ1) is 22.6. The molecule has 0 aliphatic carbocycles. The SMILES string of the molecule is CC(CCC(=O)O)CC(C)C(=O)CCC(C)(N)CC(C)(C)C(=O)O. The fourth-order valence-corrected chi connectivity index (χ4v) is 3.05. The van der Waals surface area contributed by atoms with Gasteiger partial charge in [-0.2, -0.15) is 0 Å². The molecule has 0 bridgehead atoms. The van der Waals surface area contributed by atoms with Gasteiger partial charge >= 0.3 is 11.9 Å². The van der Waals surface area contributed by atoms with Crippen LogP contribution in [0.3, 0.4) is 0 Å². The Balaban J connectivity index is 4.40. The lowest BCUT2D eigenvalue weighted by atomic mass is 9.77. The van der Waals surface area contributed by atoms with Crippen molar-refractivity contribution in [3.63, 3.8) is 0 Å². The fraction of sp³-hybridized carbons (Fsp3) is 0.833. The monoisotopic (exact) mass is 343 g/mol. The fourth-order valence-electron chi connectivity index (χ4n) is 3.05. The third kappa shape index (κ3) is 9.01. The maximum Gasteiger partial charge on any atom is 0.309 e.